The molecule has 154 valence electrons. The van der Waals surface area contributed by atoms with Crippen LogP contribution < -0.4 is 4.72 Å². The molecule has 3 aromatic rings. The van der Waals surface area contributed by atoms with Gasteiger partial charge in [0, 0.05) is 32.7 Å². The van der Waals surface area contributed by atoms with Crippen LogP contribution in [0.15, 0.2) is 51.5 Å². The van der Waals surface area contributed by atoms with E-state index in [2.05, 4.69) is 41.6 Å². The molecule has 3 rings (SSSR count). The molecule has 3 nitrogen and oxygen atoms in total. The topological polar surface area (TPSA) is 48.0 Å². The molecule has 0 spiro atoms. The molecule has 2 atom stereocenters. The van der Waals surface area contributed by atoms with Crippen molar-refractivity contribution in [2.75, 3.05) is 0 Å². The number of rotatable bonds is 5. The van der Waals surface area contributed by atoms with Crippen LogP contribution in [0.4, 0.5) is 8.78 Å². The number of pyridine rings is 1. The quantitative estimate of drug-likeness (QED) is 0.299. The zero-order valence-corrected chi connectivity index (χ0v) is 20.1. The number of benzene rings is 2. The van der Waals surface area contributed by atoms with E-state index in [0.717, 1.165) is 21.3 Å². The molecule has 0 saturated heterocycles. The van der Waals surface area contributed by atoms with Crippen LogP contribution in [0.2, 0.25) is 0 Å². The Kier molecular flexibility index (Phi) is 7.00. The molecule has 1 N–H and O–H groups in total. The van der Waals surface area contributed by atoms with Gasteiger partial charge in [-0.25, -0.2) is 13.8 Å². The molecule has 2 aromatic carbocycles. The van der Waals surface area contributed by atoms with E-state index in [9.17, 15) is 13.3 Å². The molecule has 0 saturated carbocycles. The summed E-state index contributed by atoms with van der Waals surface area (Å²) in [6.45, 7) is 5.56. The summed E-state index contributed by atoms with van der Waals surface area (Å²) < 4.78 is 44.3. The first-order chi connectivity index (χ1) is 13.6. The lowest BCUT2D eigenvalue weighted by Gasteiger charge is -2.28. The second kappa shape index (κ2) is 8.98. The predicted molar refractivity (Wildman–Crippen MR) is 121 cm³/mol. The van der Waals surface area contributed by atoms with Gasteiger partial charge in [-0.1, -0.05) is 24.3 Å². The van der Waals surface area contributed by atoms with Gasteiger partial charge in [0.25, 0.3) is 0 Å². The Morgan fingerprint density at radius 3 is 2.24 bits per heavy atom. The molecule has 0 radical (unpaired) electrons. The number of fused-ring (bicyclic) bond motifs is 1. The fourth-order valence-electron chi connectivity index (χ4n) is 2.90. The standard InChI is InChI=1S/C21H20Br2F2N2OS/c1-21(2,3)29(28)27-17(10-12-8-13(24)11-14(25)9-12)19-18(22)15-6-4-5-7-16(15)20(23)26-19/h4-9,11,17,27H,10H2,1-3H3/t17?,29-/m0/s1. The number of hydrogen-bond acceptors (Lipinski definition) is 3. The highest BCUT2D eigenvalue weighted by molar-refractivity contribution is 9.11. The molecule has 1 aromatic heterocycles. The first kappa shape index (κ1) is 22.6. The molecule has 8 heteroatoms. The van der Waals surface area contributed by atoms with Crippen molar-refractivity contribution in [3.63, 3.8) is 0 Å². The van der Waals surface area contributed by atoms with Crippen LogP contribution in [0.25, 0.3) is 10.8 Å². The van der Waals surface area contributed by atoms with E-state index < -0.39 is 33.8 Å². The van der Waals surface area contributed by atoms with Crippen molar-refractivity contribution in [2.24, 2.45) is 0 Å². The van der Waals surface area contributed by atoms with Gasteiger partial charge in [0.2, 0.25) is 0 Å². The molecule has 0 amide bonds. The van der Waals surface area contributed by atoms with Gasteiger partial charge in [0.15, 0.2) is 0 Å². The van der Waals surface area contributed by atoms with Gasteiger partial charge >= 0.3 is 0 Å². The second-order valence-electron chi connectivity index (χ2n) is 7.68. The summed E-state index contributed by atoms with van der Waals surface area (Å²) in [5.41, 5.74) is 1.06. The smallest absolute Gasteiger partial charge is 0.136 e. The number of aromatic nitrogens is 1. The van der Waals surface area contributed by atoms with Crippen LogP contribution in [-0.4, -0.2) is 14.3 Å². The SMILES string of the molecule is CC(C)(C)[S@+]([O-])NC(Cc1cc(F)cc(F)c1)c1nc(Br)c2ccccc2c1Br. The minimum atomic E-state index is -1.41. The van der Waals surface area contributed by atoms with E-state index in [4.69, 9.17) is 0 Å². The summed E-state index contributed by atoms with van der Waals surface area (Å²) >= 11 is 5.72. The van der Waals surface area contributed by atoms with Crippen LogP contribution in [-0.2, 0) is 17.8 Å². The molecule has 1 heterocycles. The van der Waals surface area contributed by atoms with Crippen LogP contribution in [0.3, 0.4) is 0 Å². The first-order valence-electron chi connectivity index (χ1n) is 8.93. The molecule has 0 aliphatic carbocycles. The Balaban J connectivity index is 2.09. The van der Waals surface area contributed by atoms with Crippen molar-refractivity contribution in [2.45, 2.75) is 38.0 Å². The zero-order valence-electron chi connectivity index (χ0n) is 16.1. The van der Waals surface area contributed by atoms with E-state index in [1.807, 2.05) is 45.0 Å². The van der Waals surface area contributed by atoms with Crippen LogP contribution in [0, 0.1) is 11.6 Å². The minimum absolute atomic E-state index is 0.215. The normalized spacial score (nSPS) is 14.2. The summed E-state index contributed by atoms with van der Waals surface area (Å²) in [6.07, 6.45) is 0.215. The maximum absolute atomic E-state index is 13.7. The number of nitrogens with one attached hydrogen (secondary N) is 1. The van der Waals surface area contributed by atoms with E-state index in [1.165, 1.54) is 12.1 Å². The lowest BCUT2D eigenvalue weighted by Crippen LogP contribution is -2.42. The maximum Gasteiger partial charge on any atom is 0.136 e. The Bertz CT molecular complexity index is 1020. The van der Waals surface area contributed by atoms with Crippen molar-refractivity contribution in [3.8, 4) is 0 Å². The van der Waals surface area contributed by atoms with Gasteiger partial charge in [-0.05, 0) is 76.7 Å². The third kappa shape index (κ3) is 5.35. The lowest BCUT2D eigenvalue weighted by molar-refractivity contribution is 0.516. The van der Waals surface area contributed by atoms with E-state index in [-0.39, 0.29) is 6.42 Å². The summed E-state index contributed by atoms with van der Waals surface area (Å²) in [4.78, 5) is 4.66. The first-order valence-corrected chi connectivity index (χ1v) is 11.7. The number of nitrogens with zero attached hydrogens (tertiary/aromatic N) is 1. The molecule has 0 aliphatic rings. The lowest BCUT2D eigenvalue weighted by atomic mass is 10.0. The van der Waals surface area contributed by atoms with Gasteiger partial charge in [-0.3, -0.25) is 0 Å². The fourth-order valence-corrected chi connectivity index (χ4v) is 4.96. The van der Waals surface area contributed by atoms with Crippen molar-refractivity contribution in [3.05, 3.63) is 74.4 Å². The average Bonchev–Trinajstić information content (AvgIpc) is 2.62. The zero-order chi connectivity index (χ0) is 21.3. The van der Waals surface area contributed by atoms with E-state index in [0.29, 0.717) is 15.9 Å². The number of hydrogen-bond donors (Lipinski definition) is 1. The minimum Gasteiger partial charge on any atom is -0.598 e. The molecular weight excluding hydrogens is 526 g/mol. The average molecular weight is 546 g/mol. The maximum atomic E-state index is 13.7. The largest absolute Gasteiger partial charge is 0.598 e. The van der Waals surface area contributed by atoms with E-state index >= 15 is 0 Å². The Morgan fingerprint density at radius 1 is 1.07 bits per heavy atom. The Hall–Kier alpha value is -1.06. The fraction of sp³-hybridized carbons (Fsp3) is 0.286. The molecule has 0 aliphatic heterocycles. The van der Waals surface area contributed by atoms with Gasteiger partial charge < -0.3 is 4.55 Å². The third-order valence-electron chi connectivity index (χ3n) is 4.33. The predicted octanol–water partition coefficient (Wildman–Crippen LogP) is 6.37. The molecule has 0 fully saturated rings. The van der Waals surface area contributed by atoms with Gasteiger partial charge in [0.1, 0.15) is 21.0 Å². The van der Waals surface area contributed by atoms with Crippen LogP contribution in [0.5, 0.6) is 0 Å². The van der Waals surface area contributed by atoms with Crippen molar-refractivity contribution < 1.29 is 13.3 Å². The van der Waals surface area contributed by atoms with Crippen LogP contribution >= 0.6 is 31.9 Å². The van der Waals surface area contributed by atoms with Gasteiger partial charge in [0.05, 0.1) is 11.7 Å². The summed E-state index contributed by atoms with van der Waals surface area (Å²) in [6, 6.07) is 10.6. The van der Waals surface area contributed by atoms with E-state index in [1.54, 1.807) is 0 Å². The third-order valence-corrected chi connectivity index (χ3v) is 7.38. The highest BCUT2D eigenvalue weighted by atomic mass is 79.9. The highest BCUT2D eigenvalue weighted by Crippen LogP contribution is 2.36. The van der Waals surface area contributed by atoms with Crippen molar-refractivity contribution >= 4 is 54.0 Å². The molecule has 1 unspecified atom stereocenters. The molecule has 29 heavy (non-hydrogen) atoms. The summed E-state index contributed by atoms with van der Waals surface area (Å²) in [5, 5.41) is 1.86. The van der Waals surface area contributed by atoms with Crippen molar-refractivity contribution in [1.29, 1.82) is 0 Å². The Labute approximate surface area is 188 Å². The van der Waals surface area contributed by atoms with Gasteiger partial charge in [-0.2, -0.15) is 0 Å². The molecular formula is C21H20Br2F2N2OS. The molecule has 0 bridgehead atoms. The monoisotopic (exact) mass is 544 g/mol. The second-order valence-corrected chi connectivity index (χ2v) is 11.2. The Morgan fingerprint density at radius 2 is 1.66 bits per heavy atom. The van der Waals surface area contributed by atoms with Crippen LogP contribution in [0.1, 0.15) is 38.1 Å². The summed E-state index contributed by atoms with van der Waals surface area (Å²) in [7, 11) is 0. The van der Waals surface area contributed by atoms with Crippen molar-refractivity contribution in [1.82, 2.24) is 9.71 Å². The highest BCUT2D eigenvalue weighted by Gasteiger charge is 2.32. The summed E-state index contributed by atoms with van der Waals surface area (Å²) in [5.74, 6) is -1.30. The van der Waals surface area contributed by atoms with Gasteiger partial charge in [-0.15, -0.1) is 4.72 Å². The number of halogens is 4.